The molecule has 8 heteroatoms. The van der Waals surface area contributed by atoms with Gasteiger partial charge in [-0.15, -0.1) is 0 Å². The van der Waals surface area contributed by atoms with E-state index in [4.69, 9.17) is 0 Å². The summed E-state index contributed by atoms with van der Waals surface area (Å²) in [5.74, 6) is -0.920. The molecule has 0 saturated heterocycles. The highest BCUT2D eigenvalue weighted by molar-refractivity contribution is 6.04. The molecule has 3 N–H and O–H groups in total. The van der Waals surface area contributed by atoms with E-state index in [1.54, 1.807) is 30.3 Å². The van der Waals surface area contributed by atoms with Gasteiger partial charge < -0.3 is 5.32 Å². The number of benzene rings is 3. The van der Waals surface area contributed by atoms with Gasteiger partial charge in [-0.3, -0.25) is 20.4 Å². The van der Waals surface area contributed by atoms with Crippen molar-refractivity contribution in [3.8, 4) is 0 Å². The van der Waals surface area contributed by atoms with Crippen LogP contribution in [0.15, 0.2) is 78.9 Å². The molecule has 0 radical (unpaired) electrons. The summed E-state index contributed by atoms with van der Waals surface area (Å²) in [7, 11) is 0. The summed E-state index contributed by atoms with van der Waals surface area (Å²) in [4.78, 5) is 24.3. The first-order valence-corrected chi connectivity index (χ1v) is 8.53. The van der Waals surface area contributed by atoms with Crippen molar-refractivity contribution in [2.75, 3.05) is 10.7 Å². The third kappa shape index (κ3) is 5.13. The number of nitrogens with one attached hydrogen (secondary N) is 3. The molecule has 148 valence electrons. The van der Waals surface area contributed by atoms with Crippen molar-refractivity contribution < 1.29 is 22.8 Å². The minimum Gasteiger partial charge on any atom is -0.322 e. The van der Waals surface area contributed by atoms with E-state index in [2.05, 4.69) is 16.2 Å². The molecular weight excluding hydrogens is 383 g/mol. The Kier molecular flexibility index (Phi) is 5.82. The van der Waals surface area contributed by atoms with Crippen molar-refractivity contribution >= 4 is 23.2 Å². The van der Waals surface area contributed by atoms with E-state index >= 15 is 0 Å². The molecule has 0 aliphatic heterocycles. The average molecular weight is 399 g/mol. The van der Waals surface area contributed by atoms with Crippen LogP contribution in [0.4, 0.5) is 24.5 Å². The van der Waals surface area contributed by atoms with Gasteiger partial charge in [0.1, 0.15) is 0 Å². The summed E-state index contributed by atoms with van der Waals surface area (Å²) >= 11 is 0. The Morgan fingerprint density at radius 1 is 0.690 bits per heavy atom. The summed E-state index contributed by atoms with van der Waals surface area (Å²) in [6, 6.07) is 19.4. The highest BCUT2D eigenvalue weighted by Crippen LogP contribution is 2.34. The van der Waals surface area contributed by atoms with Gasteiger partial charge in [-0.1, -0.05) is 30.3 Å². The van der Waals surface area contributed by atoms with E-state index in [0.717, 1.165) is 6.07 Å². The maximum absolute atomic E-state index is 13.0. The molecule has 0 aliphatic rings. The fourth-order valence-corrected chi connectivity index (χ4v) is 2.53. The van der Waals surface area contributed by atoms with Crippen molar-refractivity contribution in [1.82, 2.24) is 5.43 Å². The van der Waals surface area contributed by atoms with E-state index in [9.17, 15) is 22.8 Å². The third-order valence-corrected chi connectivity index (χ3v) is 3.98. The summed E-state index contributed by atoms with van der Waals surface area (Å²) in [6.45, 7) is 0. The van der Waals surface area contributed by atoms with Gasteiger partial charge in [0.15, 0.2) is 0 Å². The maximum Gasteiger partial charge on any atom is 0.418 e. The van der Waals surface area contributed by atoms with Crippen LogP contribution in [0, 0.1) is 0 Å². The van der Waals surface area contributed by atoms with Crippen LogP contribution in [0.1, 0.15) is 26.3 Å². The van der Waals surface area contributed by atoms with Gasteiger partial charge >= 0.3 is 6.18 Å². The van der Waals surface area contributed by atoms with Crippen molar-refractivity contribution in [1.29, 1.82) is 0 Å². The average Bonchev–Trinajstić information content (AvgIpc) is 2.72. The van der Waals surface area contributed by atoms with Gasteiger partial charge in [-0.25, -0.2) is 0 Å². The number of para-hydroxylation sites is 1. The predicted octanol–water partition coefficient (Wildman–Crippen LogP) is 4.71. The molecule has 3 aromatic carbocycles. The van der Waals surface area contributed by atoms with Gasteiger partial charge in [0.05, 0.1) is 11.3 Å². The lowest BCUT2D eigenvalue weighted by Crippen LogP contribution is -2.30. The number of hydrogen-bond acceptors (Lipinski definition) is 3. The van der Waals surface area contributed by atoms with Crippen molar-refractivity contribution in [2.45, 2.75) is 6.18 Å². The van der Waals surface area contributed by atoms with Gasteiger partial charge in [0.25, 0.3) is 11.8 Å². The molecule has 3 rings (SSSR count). The summed E-state index contributed by atoms with van der Waals surface area (Å²) in [5, 5.41) is 2.70. The first-order chi connectivity index (χ1) is 13.8. The van der Waals surface area contributed by atoms with Crippen LogP contribution in [0.5, 0.6) is 0 Å². The first kappa shape index (κ1) is 19.9. The number of hydrazine groups is 1. The molecule has 5 nitrogen and oxygen atoms in total. The van der Waals surface area contributed by atoms with Crippen LogP contribution in [-0.2, 0) is 6.18 Å². The van der Waals surface area contributed by atoms with Gasteiger partial charge in [-0.05, 0) is 48.5 Å². The standard InChI is InChI=1S/C21H16F3N3O2/c22-21(23,24)17-8-4-5-9-18(17)26-27-20(29)15-10-12-16(13-11-15)25-19(28)14-6-2-1-3-7-14/h1-13,26H,(H,25,28)(H,27,29). The smallest absolute Gasteiger partial charge is 0.322 e. The number of anilines is 2. The Hall–Kier alpha value is -3.81. The fourth-order valence-electron chi connectivity index (χ4n) is 2.53. The van der Waals surface area contributed by atoms with Crippen LogP contribution in [0.2, 0.25) is 0 Å². The Morgan fingerprint density at radius 2 is 1.28 bits per heavy atom. The van der Waals surface area contributed by atoms with E-state index in [-0.39, 0.29) is 17.2 Å². The third-order valence-electron chi connectivity index (χ3n) is 3.98. The van der Waals surface area contributed by atoms with Crippen LogP contribution < -0.4 is 16.2 Å². The number of rotatable bonds is 5. The normalized spacial score (nSPS) is 10.9. The molecule has 0 heterocycles. The number of carbonyl (C=O) groups is 2. The van der Waals surface area contributed by atoms with Gasteiger partial charge in [0, 0.05) is 16.8 Å². The lowest BCUT2D eigenvalue weighted by molar-refractivity contribution is -0.137. The molecule has 0 fully saturated rings. The van der Waals surface area contributed by atoms with Crippen molar-refractivity contribution in [3.63, 3.8) is 0 Å². The lowest BCUT2D eigenvalue weighted by Gasteiger charge is -2.15. The number of amides is 2. The molecule has 0 spiro atoms. The second-order valence-electron chi connectivity index (χ2n) is 6.02. The number of hydrogen-bond donors (Lipinski definition) is 3. The topological polar surface area (TPSA) is 70.2 Å². The highest BCUT2D eigenvalue weighted by atomic mass is 19.4. The quantitative estimate of drug-likeness (QED) is 0.544. The Labute approximate surface area is 164 Å². The molecule has 0 saturated carbocycles. The summed E-state index contributed by atoms with van der Waals surface area (Å²) in [5.41, 5.74) is 4.55. The Balaban J connectivity index is 1.62. The zero-order valence-electron chi connectivity index (χ0n) is 15.0. The number of carbonyl (C=O) groups excluding carboxylic acids is 2. The van der Waals surface area contributed by atoms with E-state index < -0.39 is 17.6 Å². The molecule has 29 heavy (non-hydrogen) atoms. The van der Waals surface area contributed by atoms with Gasteiger partial charge in [0.2, 0.25) is 0 Å². The van der Waals surface area contributed by atoms with Gasteiger partial charge in [-0.2, -0.15) is 13.2 Å². The second-order valence-corrected chi connectivity index (χ2v) is 6.02. The largest absolute Gasteiger partial charge is 0.418 e. The monoisotopic (exact) mass is 399 g/mol. The molecular formula is C21H16F3N3O2. The maximum atomic E-state index is 13.0. The van der Waals surface area contributed by atoms with Crippen LogP contribution >= 0.6 is 0 Å². The second kappa shape index (κ2) is 8.47. The van der Waals surface area contributed by atoms with Crippen LogP contribution in [-0.4, -0.2) is 11.8 Å². The zero-order valence-corrected chi connectivity index (χ0v) is 15.0. The zero-order chi connectivity index (χ0) is 20.9. The number of halogens is 3. The highest BCUT2D eigenvalue weighted by Gasteiger charge is 2.33. The van der Waals surface area contributed by atoms with E-state index in [0.29, 0.717) is 11.3 Å². The van der Waals surface area contributed by atoms with Crippen molar-refractivity contribution in [2.24, 2.45) is 0 Å². The molecule has 0 atom stereocenters. The lowest BCUT2D eigenvalue weighted by atomic mass is 10.1. The summed E-state index contributed by atoms with van der Waals surface area (Å²) < 4.78 is 38.9. The minimum absolute atomic E-state index is 0.208. The van der Waals surface area contributed by atoms with E-state index in [1.807, 2.05) is 0 Å². The molecule has 0 aliphatic carbocycles. The van der Waals surface area contributed by atoms with E-state index in [1.165, 1.54) is 42.5 Å². The Morgan fingerprint density at radius 3 is 1.93 bits per heavy atom. The minimum atomic E-state index is -4.55. The molecule has 0 aromatic heterocycles. The molecule has 3 aromatic rings. The molecule has 2 amide bonds. The number of alkyl halides is 3. The first-order valence-electron chi connectivity index (χ1n) is 8.53. The fraction of sp³-hybridized carbons (Fsp3) is 0.0476. The predicted molar refractivity (Wildman–Crippen MR) is 103 cm³/mol. The van der Waals surface area contributed by atoms with Crippen molar-refractivity contribution in [3.05, 3.63) is 95.6 Å². The molecule has 0 bridgehead atoms. The van der Waals surface area contributed by atoms with Crippen LogP contribution in [0.25, 0.3) is 0 Å². The SMILES string of the molecule is O=C(NNc1ccccc1C(F)(F)F)c1ccc(NC(=O)c2ccccc2)cc1. The van der Waals surface area contributed by atoms with Crippen LogP contribution in [0.3, 0.4) is 0 Å². The Bertz CT molecular complexity index is 1000. The summed E-state index contributed by atoms with van der Waals surface area (Å²) in [6.07, 6.45) is -4.55. The molecule has 0 unspecified atom stereocenters.